The molecule has 2 rings (SSSR count). The zero-order valence-electron chi connectivity index (χ0n) is 14.0. The molecular weight excluding hydrogens is 333 g/mol. The Morgan fingerprint density at radius 3 is 2.60 bits per heavy atom. The van der Waals surface area contributed by atoms with Crippen LogP contribution in [0.5, 0.6) is 0 Å². The molecule has 2 aromatic rings. The molecule has 0 aliphatic heterocycles. The number of hydrogen-bond acceptors (Lipinski definition) is 4. The maximum Gasteiger partial charge on any atom is 0.274 e. The smallest absolute Gasteiger partial charge is 0.274 e. The standard InChI is InChI=1S/C17H19F3N4O/c1-3-4-5-8-21-17-22-10(2)9-13(24-17)16(25)23-12-7-6-11(18)14(19)15(12)20/h6-7,9H,3-5,8H2,1-2H3,(H,23,25)(H,21,22,24). The zero-order valence-corrected chi connectivity index (χ0v) is 14.0. The van der Waals surface area contributed by atoms with Crippen LogP contribution in [0.4, 0.5) is 24.8 Å². The summed E-state index contributed by atoms with van der Waals surface area (Å²) >= 11 is 0. The van der Waals surface area contributed by atoms with Crippen molar-refractivity contribution in [2.24, 2.45) is 0 Å². The van der Waals surface area contributed by atoms with Gasteiger partial charge in [-0.1, -0.05) is 19.8 Å². The Kier molecular flexibility index (Phi) is 6.32. The summed E-state index contributed by atoms with van der Waals surface area (Å²) in [6.45, 7) is 4.44. The third kappa shape index (κ3) is 4.91. The highest BCUT2D eigenvalue weighted by Gasteiger charge is 2.17. The number of aryl methyl sites for hydroxylation is 1. The first-order chi connectivity index (χ1) is 11.9. The van der Waals surface area contributed by atoms with Crippen molar-refractivity contribution in [2.45, 2.75) is 33.1 Å². The van der Waals surface area contributed by atoms with Crippen molar-refractivity contribution in [3.63, 3.8) is 0 Å². The van der Waals surface area contributed by atoms with Crippen molar-refractivity contribution in [1.29, 1.82) is 0 Å². The first-order valence-corrected chi connectivity index (χ1v) is 7.96. The molecule has 0 radical (unpaired) electrons. The third-order valence-electron chi connectivity index (χ3n) is 3.43. The lowest BCUT2D eigenvalue weighted by molar-refractivity contribution is 0.102. The van der Waals surface area contributed by atoms with Gasteiger partial charge < -0.3 is 10.6 Å². The fraction of sp³-hybridized carbons (Fsp3) is 0.353. The summed E-state index contributed by atoms with van der Waals surface area (Å²) in [6, 6.07) is 3.11. The van der Waals surface area contributed by atoms with E-state index < -0.39 is 29.0 Å². The molecule has 0 aliphatic carbocycles. The molecule has 134 valence electrons. The maximum atomic E-state index is 13.7. The van der Waals surface area contributed by atoms with Gasteiger partial charge in [-0.25, -0.2) is 23.1 Å². The van der Waals surface area contributed by atoms with E-state index in [0.717, 1.165) is 31.4 Å². The lowest BCUT2D eigenvalue weighted by Gasteiger charge is -2.09. The number of nitrogens with one attached hydrogen (secondary N) is 2. The SMILES string of the molecule is CCCCCNc1nc(C)cc(C(=O)Nc2ccc(F)c(F)c2F)n1. The monoisotopic (exact) mass is 352 g/mol. The first kappa shape index (κ1) is 18.7. The van der Waals surface area contributed by atoms with Gasteiger partial charge in [-0.05, 0) is 31.5 Å². The number of anilines is 2. The fourth-order valence-corrected chi connectivity index (χ4v) is 2.15. The number of unbranched alkanes of at least 4 members (excludes halogenated alkanes) is 2. The second-order valence-corrected chi connectivity index (χ2v) is 5.53. The van der Waals surface area contributed by atoms with Gasteiger partial charge in [-0.15, -0.1) is 0 Å². The van der Waals surface area contributed by atoms with Gasteiger partial charge in [0.05, 0.1) is 5.69 Å². The van der Waals surface area contributed by atoms with Gasteiger partial charge in [-0.3, -0.25) is 4.79 Å². The molecule has 0 bridgehead atoms. The molecule has 25 heavy (non-hydrogen) atoms. The molecule has 2 N–H and O–H groups in total. The summed E-state index contributed by atoms with van der Waals surface area (Å²) < 4.78 is 39.8. The number of amides is 1. The van der Waals surface area contributed by atoms with E-state index in [0.29, 0.717) is 12.2 Å². The van der Waals surface area contributed by atoms with Gasteiger partial charge >= 0.3 is 0 Å². The van der Waals surface area contributed by atoms with E-state index in [1.807, 2.05) is 0 Å². The van der Waals surface area contributed by atoms with Crippen LogP contribution >= 0.6 is 0 Å². The molecule has 0 unspecified atom stereocenters. The predicted molar refractivity (Wildman–Crippen MR) is 89.1 cm³/mol. The topological polar surface area (TPSA) is 66.9 Å². The summed E-state index contributed by atoms with van der Waals surface area (Å²) in [5.74, 6) is -4.89. The molecule has 0 saturated heterocycles. The van der Waals surface area contributed by atoms with E-state index in [-0.39, 0.29) is 11.6 Å². The van der Waals surface area contributed by atoms with Crippen LogP contribution in [-0.2, 0) is 0 Å². The van der Waals surface area contributed by atoms with Crippen LogP contribution in [-0.4, -0.2) is 22.4 Å². The molecule has 1 heterocycles. The average Bonchev–Trinajstić information content (AvgIpc) is 2.58. The molecule has 0 aliphatic rings. The van der Waals surface area contributed by atoms with E-state index in [1.54, 1.807) is 6.92 Å². The van der Waals surface area contributed by atoms with Crippen molar-refractivity contribution >= 4 is 17.5 Å². The Morgan fingerprint density at radius 1 is 1.12 bits per heavy atom. The first-order valence-electron chi connectivity index (χ1n) is 7.96. The Balaban J connectivity index is 2.13. The average molecular weight is 352 g/mol. The van der Waals surface area contributed by atoms with Crippen LogP contribution in [0.15, 0.2) is 18.2 Å². The van der Waals surface area contributed by atoms with E-state index in [2.05, 4.69) is 27.5 Å². The van der Waals surface area contributed by atoms with Crippen molar-refractivity contribution in [3.05, 3.63) is 47.0 Å². The number of hydrogen-bond donors (Lipinski definition) is 2. The molecule has 0 fully saturated rings. The van der Waals surface area contributed by atoms with E-state index in [4.69, 9.17) is 0 Å². The van der Waals surface area contributed by atoms with Crippen LogP contribution in [0.3, 0.4) is 0 Å². The van der Waals surface area contributed by atoms with Crippen LogP contribution < -0.4 is 10.6 Å². The minimum absolute atomic E-state index is 0.00498. The number of benzene rings is 1. The van der Waals surface area contributed by atoms with Gasteiger partial charge in [0.15, 0.2) is 17.5 Å². The Bertz CT molecular complexity index is 768. The van der Waals surface area contributed by atoms with Crippen LogP contribution in [0.1, 0.15) is 42.4 Å². The second-order valence-electron chi connectivity index (χ2n) is 5.53. The molecule has 0 spiro atoms. The minimum Gasteiger partial charge on any atom is -0.354 e. The lowest BCUT2D eigenvalue weighted by Crippen LogP contribution is -2.17. The summed E-state index contributed by atoms with van der Waals surface area (Å²) in [7, 11) is 0. The van der Waals surface area contributed by atoms with Crippen molar-refractivity contribution in [3.8, 4) is 0 Å². The van der Waals surface area contributed by atoms with Crippen LogP contribution in [0.2, 0.25) is 0 Å². The van der Waals surface area contributed by atoms with Crippen LogP contribution in [0, 0.1) is 24.4 Å². The molecule has 1 aromatic heterocycles. The molecule has 1 amide bonds. The molecule has 8 heteroatoms. The highest BCUT2D eigenvalue weighted by molar-refractivity contribution is 6.03. The third-order valence-corrected chi connectivity index (χ3v) is 3.43. The Labute approximate surface area is 143 Å². The predicted octanol–water partition coefficient (Wildman–Crippen LogP) is 4.06. The molecule has 0 atom stereocenters. The molecular formula is C17H19F3N4O. The highest BCUT2D eigenvalue weighted by Crippen LogP contribution is 2.20. The van der Waals surface area contributed by atoms with Crippen molar-refractivity contribution < 1.29 is 18.0 Å². The molecule has 0 saturated carbocycles. The second kappa shape index (κ2) is 8.46. The van der Waals surface area contributed by atoms with Crippen molar-refractivity contribution in [1.82, 2.24) is 9.97 Å². The van der Waals surface area contributed by atoms with Crippen molar-refractivity contribution in [2.75, 3.05) is 17.2 Å². The minimum atomic E-state index is -1.64. The number of carbonyl (C=O) groups is 1. The maximum absolute atomic E-state index is 13.7. The number of nitrogens with zero attached hydrogens (tertiary/aromatic N) is 2. The summed E-state index contributed by atoms with van der Waals surface area (Å²) in [6.07, 6.45) is 3.07. The van der Waals surface area contributed by atoms with Gasteiger partial charge in [0.25, 0.3) is 5.91 Å². The summed E-state index contributed by atoms with van der Waals surface area (Å²) in [5, 5.41) is 5.21. The number of carbonyl (C=O) groups excluding carboxylic acids is 1. The quantitative estimate of drug-likeness (QED) is 0.583. The van der Waals surface area contributed by atoms with E-state index in [1.165, 1.54) is 6.07 Å². The van der Waals surface area contributed by atoms with Gasteiger partial charge in [-0.2, -0.15) is 0 Å². The highest BCUT2D eigenvalue weighted by atomic mass is 19.2. The van der Waals surface area contributed by atoms with Gasteiger partial charge in [0.1, 0.15) is 5.69 Å². The number of aromatic nitrogens is 2. The Morgan fingerprint density at radius 2 is 1.88 bits per heavy atom. The Hall–Kier alpha value is -2.64. The largest absolute Gasteiger partial charge is 0.354 e. The summed E-state index contributed by atoms with van der Waals surface area (Å²) in [4.78, 5) is 20.5. The molecule has 1 aromatic carbocycles. The normalized spacial score (nSPS) is 10.6. The number of rotatable bonds is 7. The van der Waals surface area contributed by atoms with E-state index in [9.17, 15) is 18.0 Å². The fourth-order valence-electron chi connectivity index (χ4n) is 2.15. The van der Waals surface area contributed by atoms with Gasteiger partial charge in [0, 0.05) is 12.2 Å². The summed E-state index contributed by atoms with van der Waals surface area (Å²) in [5.41, 5.74) is 0.0798. The van der Waals surface area contributed by atoms with E-state index >= 15 is 0 Å². The zero-order chi connectivity index (χ0) is 18.4. The molecule has 5 nitrogen and oxygen atoms in total. The lowest BCUT2D eigenvalue weighted by atomic mass is 10.2. The van der Waals surface area contributed by atoms with Gasteiger partial charge in [0.2, 0.25) is 5.95 Å². The number of halogens is 3. The van der Waals surface area contributed by atoms with Crippen LogP contribution in [0.25, 0.3) is 0 Å².